The predicted octanol–water partition coefficient (Wildman–Crippen LogP) is 2.68. The minimum atomic E-state index is -0.582. The molecule has 0 amide bonds. The van der Waals surface area contributed by atoms with Crippen molar-refractivity contribution in [2.24, 2.45) is 0 Å². The standard InChI is InChI=1S/C15H11ClO4/c1-8(15(19)20-2)7-11-12(16)14(18)10-6-4-3-5-9(10)13(11)17/h3-7H,1-2H3/b8-7+. The molecule has 0 N–H and O–H groups in total. The molecular weight excluding hydrogens is 280 g/mol. The molecule has 0 heterocycles. The number of ether oxygens (including phenoxy) is 1. The Morgan fingerprint density at radius 2 is 1.70 bits per heavy atom. The highest BCUT2D eigenvalue weighted by molar-refractivity contribution is 6.50. The van der Waals surface area contributed by atoms with Gasteiger partial charge in [0.1, 0.15) is 0 Å². The van der Waals surface area contributed by atoms with Gasteiger partial charge < -0.3 is 4.74 Å². The quantitative estimate of drug-likeness (QED) is 0.620. The SMILES string of the molecule is COC(=O)/C(C)=C/C1=C(Cl)C(=O)c2ccccc2C1=O. The van der Waals surface area contributed by atoms with Crippen molar-refractivity contribution in [3.63, 3.8) is 0 Å². The molecule has 0 bridgehead atoms. The van der Waals surface area contributed by atoms with Crippen molar-refractivity contribution in [3.8, 4) is 0 Å². The Balaban J connectivity index is 2.56. The largest absolute Gasteiger partial charge is 0.466 e. The third-order valence-corrected chi connectivity index (χ3v) is 3.34. The molecule has 0 atom stereocenters. The van der Waals surface area contributed by atoms with Crippen molar-refractivity contribution < 1.29 is 19.1 Å². The summed E-state index contributed by atoms with van der Waals surface area (Å²) in [6, 6.07) is 6.43. The Kier molecular flexibility index (Phi) is 3.86. The molecule has 0 spiro atoms. The zero-order valence-electron chi connectivity index (χ0n) is 10.9. The van der Waals surface area contributed by atoms with Gasteiger partial charge >= 0.3 is 5.97 Å². The minimum absolute atomic E-state index is 0.0123. The van der Waals surface area contributed by atoms with E-state index in [2.05, 4.69) is 4.74 Å². The van der Waals surface area contributed by atoms with Gasteiger partial charge in [-0.25, -0.2) is 4.79 Å². The Bertz CT molecular complexity index is 683. The van der Waals surface area contributed by atoms with E-state index >= 15 is 0 Å². The second-order valence-electron chi connectivity index (χ2n) is 4.25. The van der Waals surface area contributed by atoms with Crippen molar-refractivity contribution in [1.82, 2.24) is 0 Å². The fraction of sp³-hybridized carbons (Fsp3) is 0.133. The minimum Gasteiger partial charge on any atom is -0.466 e. The molecule has 20 heavy (non-hydrogen) atoms. The summed E-state index contributed by atoms with van der Waals surface area (Å²) in [5, 5.41) is -0.183. The number of esters is 1. The maximum absolute atomic E-state index is 12.3. The topological polar surface area (TPSA) is 60.4 Å². The molecule has 0 unspecified atom stereocenters. The number of hydrogen-bond acceptors (Lipinski definition) is 4. The summed E-state index contributed by atoms with van der Waals surface area (Å²) < 4.78 is 4.55. The molecule has 2 rings (SSSR count). The van der Waals surface area contributed by atoms with E-state index in [9.17, 15) is 14.4 Å². The number of hydrogen-bond donors (Lipinski definition) is 0. The third-order valence-electron chi connectivity index (χ3n) is 2.96. The molecule has 0 aromatic heterocycles. The molecule has 0 saturated heterocycles. The van der Waals surface area contributed by atoms with Crippen LogP contribution in [0.4, 0.5) is 0 Å². The number of ketones is 2. The van der Waals surface area contributed by atoms with Gasteiger partial charge in [0.05, 0.1) is 12.1 Å². The van der Waals surface area contributed by atoms with E-state index in [1.54, 1.807) is 24.3 Å². The summed E-state index contributed by atoms with van der Waals surface area (Å²) in [6.07, 6.45) is 1.28. The lowest BCUT2D eigenvalue weighted by Crippen LogP contribution is -2.19. The molecule has 0 aliphatic heterocycles. The summed E-state index contributed by atoms with van der Waals surface area (Å²) in [4.78, 5) is 35.8. The fourth-order valence-corrected chi connectivity index (χ4v) is 2.17. The number of benzene rings is 1. The molecule has 1 aliphatic carbocycles. The normalized spacial score (nSPS) is 15.2. The highest BCUT2D eigenvalue weighted by Gasteiger charge is 2.30. The zero-order valence-corrected chi connectivity index (χ0v) is 11.7. The van der Waals surface area contributed by atoms with Crippen molar-refractivity contribution >= 4 is 29.1 Å². The number of halogens is 1. The van der Waals surface area contributed by atoms with E-state index in [1.165, 1.54) is 20.1 Å². The molecule has 102 valence electrons. The van der Waals surface area contributed by atoms with E-state index in [1.807, 2.05) is 0 Å². The molecule has 1 aromatic carbocycles. The number of carbonyl (C=O) groups is 3. The van der Waals surface area contributed by atoms with Crippen molar-refractivity contribution in [2.75, 3.05) is 7.11 Å². The summed E-state index contributed by atoms with van der Waals surface area (Å²) in [7, 11) is 1.23. The van der Waals surface area contributed by atoms with Crippen LogP contribution in [0.5, 0.6) is 0 Å². The molecule has 0 fully saturated rings. The molecule has 0 radical (unpaired) electrons. The van der Waals surface area contributed by atoms with Crippen molar-refractivity contribution in [3.05, 3.63) is 57.6 Å². The van der Waals surface area contributed by atoms with Crippen molar-refractivity contribution in [1.29, 1.82) is 0 Å². The summed E-state index contributed by atoms with van der Waals surface area (Å²) in [5.41, 5.74) is 0.764. The van der Waals surface area contributed by atoms with Crippen molar-refractivity contribution in [2.45, 2.75) is 6.92 Å². The lowest BCUT2D eigenvalue weighted by molar-refractivity contribution is -0.136. The van der Waals surface area contributed by atoms with Gasteiger partial charge in [-0.3, -0.25) is 9.59 Å². The van der Waals surface area contributed by atoms with Gasteiger partial charge in [0, 0.05) is 22.3 Å². The van der Waals surface area contributed by atoms with E-state index in [-0.39, 0.29) is 33.1 Å². The Morgan fingerprint density at radius 1 is 1.15 bits per heavy atom. The maximum Gasteiger partial charge on any atom is 0.333 e. The van der Waals surface area contributed by atoms with Crippen LogP contribution < -0.4 is 0 Å². The Hall–Kier alpha value is -2.20. The smallest absolute Gasteiger partial charge is 0.333 e. The second-order valence-corrected chi connectivity index (χ2v) is 4.63. The molecule has 4 nitrogen and oxygen atoms in total. The molecule has 1 aliphatic rings. The van der Waals surface area contributed by atoms with Gasteiger partial charge in [0.15, 0.2) is 5.78 Å². The molecule has 5 heteroatoms. The molecule has 1 aromatic rings. The fourth-order valence-electron chi connectivity index (χ4n) is 1.93. The Morgan fingerprint density at radius 3 is 2.25 bits per heavy atom. The second kappa shape index (κ2) is 5.43. The Labute approximate surface area is 120 Å². The number of allylic oxidation sites excluding steroid dienone is 3. The number of fused-ring (bicyclic) bond motifs is 1. The summed E-state index contributed by atoms with van der Waals surface area (Å²) in [6.45, 7) is 1.49. The number of rotatable bonds is 2. The lowest BCUT2D eigenvalue weighted by atomic mass is 9.88. The first-order chi connectivity index (χ1) is 9.47. The van der Waals surface area contributed by atoms with Gasteiger partial charge in [-0.1, -0.05) is 35.9 Å². The maximum atomic E-state index is 12.3. The summed E-state index contributed by atoms with van der Waals surface area (Å²) >= 11 is 5.96. The van der Waals surface area contributed by atoms with Gasteiger partial charge in [0.25, 0.3) is 0 Å². The first-order valence-corrected chi connectivity index (χ1v) is 6.20. The molecule has 0 saturated carbocycles. The first-order valence-electron chi connectivity index (χ1n) is 5.82. The van der Waals surface area contributed by atoms with Gasteiger partial charge in [-0.2, -0.15) is 0 Å². The van der Waals surface area contributed by atoms with Crippen LogP contribution in [0.1, 0.15) is 27.6 Å². The third kappa shape index (κ3) is 2.30. The highest BCUT2D eigenvalue weighted by Crippen LogP contribution is 2.29. The first kappa shape index (κ1) is 14.2. The van der Waals surface area contributed by atoms with Gasteiger partial charge in [0.2, 0.25) is 5.78 Å². The number of carbonyl (C=O) groups excluding carboxylic acids is 3. The zero-order chi connectivity index (χ0) is 14.9. The van der Waals surface area contributed by atoms with Crippen LogP contribution in [-0.4, -0.2) is 24.6 Å². The van der Waals surface area contributed by atoms with Crippen LogP contribution in [0.15, 0.2) is 46.5 Å². The summed E-state index contributed by atoms with van der Waals surface area (Å²) in [5.74, 6) is -1.39. The van der Waals surface area contributed by atoms with E-state index in [0.717, 1.165) is 0 Å². The average molecular weight is 291 g/mol. The van der Waals surface area contributed by atoms with Crippen LogP contribution in [0, 0.1) is 0 Å². The predicted molar refractivity (Wildman–Crippen MR) is 73.8 cm³/mol. The van der Waals surface area contributed by atoms with Gasteiger partial charge in [-0.05, 0) is 13.0 Å². The lowest BCUT2D eigenvalue weighted by Gasteiger charge is -2.15. The number of Topliss-reactive ketones (excluding diaryl/α,β-unsaturated/α-hetero) is 2. The van der Waals surface area contributed by atoms with E-state index in [4.69, 9.17) is 11.6 Å². The molecular formula is C15H11ClO4. The average Bonchev–Trinajstić information content (AvgIpc) is 2.48. The van der Waals surface area contributed by atoms with E-state index in [0.29, 0.717) is 0 Å². The van der Waals surface area contributed by atoms with Crippen LogP contribution in [0.25, 0.3) is 0 Å². The van der Waals surface area contributed by atoms with Gasteiger partial charge in [-0.15, -0.1) is 0 Å². The van der Waals surface area contributed by atoms with E-state index < -0.39 is 11.8 Å². The van der Waals surface area contributed by atoms with Crippen LogP contribution in [-0.2, 0) is 9.53 Å². The number of methoxy groups -OCH3 is 1. The highest BCUT2D eigenvalue weighted by atomic mass is 35.5. The van der Waals surface area contributed by atoms with Crippen LogP contribution in [0.3, 0.4) is 0 Å². The monoisotopic (exact) mass is 290 g/mol. The van der Waals surface area contributed by atoms with Crippen LogP contribution >= 0.6 is 11.6 Å². The van der Waals surface area contributed by atoms with Crippen LogP contribution in [0.2, 0.25) is 0 Å².